The number of primary amides is 1. The number of thiophene rings is 2. The van der Waals surface area contributed by atoms with Crippen molar-refractivity contribution >= 4 is 45.5 Å². The van der Waals surface area contributed by atoms with E-state index in [0.29, 0.717) is 15.6 Å². The predicted octanol–water partition coefficient (Wildman–Crippen LogP) is 2.88. The summed E-state index contributed by atoms with van der Waals surface area (Å²) in [5.41, 5.74) is 6.15. The SMILES string of the molecule is C[C@H](OC(=O)c1sccc1-n1cccc1)C(=O)Nc1sccc1C(N)=O. The van der Waals surface area contributed by atoms with Gasteiger partial charge in [0.1, 0.15) is 9.88 Å². The fourth-order valence-electron chi connectivity index (χ4n) is 2.23. The standard InChI is InChI=1S/C17H15N3O4S2/c1-10(15(22)19-16-11(14(18)21)4-8-26-16)24-17(23)13-12(5-9-25-13)20-6-2-3-7-20/h2-10H,1H3,(H2,18,21)(H,19,22)/t10-/m0/s1. The Bertz CT molecular complexity index is 943. The average molecular weight is 389 g/mol. The van der Waals surface area contributed by atoms with Gasteiger partial charge >= 0.3 is 5.97 Å². The Morgan fingerprint density at radius 1 is 1.15 bits per heavy atom. The molecule has 0 aliphatic rings. The number of anilines is 1. The lowest BCUT2D eigenvalue weighted by Gasteiger charge is -2.13. The number of esters is 1. The molecule has 3 aromatic heterocycles. The lowest BCUT2D eigenvalue weighted by Crippen LogP contribution is -2.30. The van der Waals surface area contributed by atoms with Gasteiger partial charge in [0.15, 0.2) is 6.10 Å². The molecule has 0 aromatic carbocycles. The van der Waals surface area contributed by atoms with Gasteiger partial charge in [0.05, 0.1) is 11.3 Å². The summed E-state index contributed by atoms with van der Waals surface area (Å²) in [7, 11) is 0. The van der Waals surface area contributed by atoms with Crippen molar-refractivity contribution in [2.45, 2.75) is 13.0 Å². The Hall–Kier alpha value is -2.91. The molecule has 2 amide bonds. The Kier molecular flexibility index (Phi) is 5.19. The third kappa shape index (κ3) is 3.68. The molecule has 3 heterocycles. The summed E-state index contributed by atoms with van der Waals surface area (Å²) in [6, 6.07) is 7.02. The quantitative estimate of drug-likeness (QED) is 0.633. The molecular formula is C17H15N3O4S2. The highest BCUT2D eigenvalue weighted by Gasteiger charge is 2.23. The van der Waals surface area contributed by atoms with Gasteiger partial charge in [0, 0.05) is 12.4 Å². The Morgan fingerprint density at radius 2 is 1.85 bits per heavy atom. The molecule has 0 aliphatic carbocycles. The van der Waals surface area contributed by atoms with Crippen LogP contribution in [0.2, 0.25) is 0 Å². The third-order valence-corrected chi connectivity index (χ3v) is 5.25. The molecule has 7 nitrogen and oxygen atoms in total. The molecular weight excluding hydrogens is 374 g/mol. The van der Waals surface area contributed by atoms with E-state index in [1.165, 1.54) is 35.7 Å². The molecule has 26 heavy (non-hydrogen) atoms. The maximum atomic E-state index is 12.4. The number of nitrogens with zero attached hydrogens (tertiary/aromatic N) is 1. The number of carbonyl (C=O) groups is 3. The monoisotopic (exact) mass is 389 g/mol. The van der Waals surface area contributed by atoms with Crippen LogP contribution in [0.3, 0.4) is 0 Å². The van der Waals surface area contributed by atoms with E-state index < -0.39 is 23.9 Å². The van der Waals surface area contributed by atoms with Gasteiger partial charge in [-0.15, -0.1) is 22.7 Å². The van der Waals surface area contributed by atoms with Crippen molar-refractivity contribution in [3.63, 3.8) is 0 Å². The van der Waals surface area contributed by atoms with Crippen LogP contribution < -0.4 is 11.1 Å². The first-order valence-corrected chi connectivity index (χ1v) is 9.33. The molecule has 0 aliphatic heterocycles. The number of nitrogens with one attached hydrogen (secondary N) is 1. The molecule has 3 N–H and O–H groups in total. The highest BCUT2D eigenvalue weighted by molar-refractivity contribution is 7.14. The Morgan fingerprint density at radius 3 is 2.54 bits per heavy atom. The fraction of sp³-hybridized carbons (Fsp3) is 0.118. The van der Waals surface area contributed by atoms with Crippen LogP contribution in [0.1, 0.15) is 27.0 Å². The van der Waals surface area contributed by atoms with E-state index in [-0.39, 0.29) is 5.56 Å². The number of nitrogens with two attached hydrogens (primary N) is 1. The number of amides is 2. The normalized spacial score (nSPS) is 11.7. The van der Waals surface area contributed by atoms with E-state index in [1.54, 1.807) is 21.4 Å². The van der Waals surface area contributed by atoms with Crippen molar-refractivity contribution in [3.05, 3.63) is 57.9 Å². The van der Waals surface area contributed by atoms with E-state index in [2.05, 4.69) is 5.32 Å². The van der Waals surface area contributed by atoms with E-state index in [4.69, 9.17) is 10.5 Å². The summed E-state index contributed by atoms with van der Waals surface area (Å²) in [4.78, 5) is 36.4. The molecule has 0 saturated heterocycles. The van der Waals surface area contributed by atoms with Crippen LogP contribution in [-0.2, 0) is 9.53 Å². The van der Waals surface area contributed by atoms with Crippen LogP contribution in [0.5, 0.6) is 0 Å². The predicted molar refractivity (Wildman–Crippen MR) is 100.0 cm³/mol. The van der Waals surface area contributed by atoms with Gasteiger partial charge in [-0.1, -0.05) is 0 Å². The van der Waals surface area contributed by atoms with Gasteiger partial charge in [0.2, 0.25) is 0 Å². The molecule has 3 aromatic rings. The lowest BCUT2D eigenvalue weighted by atomic mass is 10.3. The van der Waals surface area contributed by atoms with E-state index >= 15 is 0 Å². The first-order chi connectivity index (χ1) is 12.5. The zero-order valence-corrected chi connectivity index (χ0v) is 15.3. The number of carbonyl (C=O) groups excluding carboxylic acids is 3. The lowest BCUT2D eigenvalue weighted by molar-refractivity contribution is -0.123. The molecule has 0 fully saturated rings. The molecule has 1 atom stereocenters. The number of hydrogen-bond donors (Lipinski definition) is 2. The van der Waals surface area contributed by atoms with Crippen LogP contribution in [0.25, 0.3) is 5.69 Å². The first kappa shape index (κ1) is 17.9. The van der Waals surface area contributed by atoms with Gasteiger partial charge in [-0.25, -0.2) is 4.79 Å². The van der Waals surface area contributed by atoms with Crippen molar-refractivity contribution in [1.29, 1.82) is 0 Å². The molecule has 0 spiro atoms. The average Bonchev–Trinajstić information content (AvgIpc) is 3.34. The van der Waals surface area contributed by atoms with Gasteiger partial charge in [-0.3, -0.25) is 9.59 Å². The summed E-state index contributed by atoms with van der Waals surface area (Å²) >= 11 is 2.40. The van der Waals surface area contributed by atoms with E-state index in [9.17, 15) is 14.4 Å². The topological polar surface area (TPSA) is 103 Å². The van der Waals surface area contributed by atoms with Gasteiger partial charge in [-0.2, -0.15) is 0 Å². The van der Waals surface area contributed by atoms with Gasteiger partial charge < -0.3 is 20.4 Å². The maximum Gasteiger partial charge on any atom is 0.351 e. The van der Waals surface area contributed by atoms with Gasteiger partial charge in [0.25, 0.3) is 11.8 Å². The molecule has 0 bridgehead atoms. The van der Waals surface area contributed by atoms with Crippen LogP contribution in [-0.4, -0.2) is 28.5 Å². The minimum Gasteiger partial charge on any atom is -0.448 e. The van der Waals surface area contributed by atoms with E-state index in [1.807, 2.05) is 24.5 Å². The second kappa shape index (κ2) is 7.54. The molecule has 0 radical (unpaired) electrons. The van der Waals surface area contributed by atoms with Crippen LogP contribution in [0.4, 0.5) is 5.00 Å². The molecule has 9 heteroatoms. The Balaban J connectivity index is 1.68. The summed E-state index contributed by atoms with van der Waals surface area (Å²) < 4.78 is 7.07. The van der Waals surface area contributed by atoms with Gasteiger partial charge in [-0.05, 0) is 41.9 Å². The molecule has 134 valence electrons. The van der Waals surface area contributed by atoms with Crippen LogP contribution in [0.15, 0.2) is 47.4 Å². The van der Waals surface area contributed by atoms with Crippen LogP contribution >= 0.6 is 22.7 Å². The summed E-state index contributed by atoms with van der Waals surface area (Å²) in [5.74, 6) is -1.77. The minimum absolute atomic E-state index is 0.218. The van der Waals surface area contributed by atoms with Crippen LogP contribution in [0, 0.1) is 0 Å². The second-order valence-corrected chi connectivity index (χ2v) is 7.12. The molecule has 3 rings (SSSR count). The van der Waals surface area contributed by atoms with Crippen molar-refractivity contribution < 1.29 is 19.1 Å². The second-order valence-electron chi connectivity index (χ2n) is 5.29. The smallest absolute Gasteiger partial charge is 0.351 e. The molecule has 0 saturated carbocycles. The summed E-state index contributed by atoms with van der Waals surface area (Å²) in [6.45, 7) is 1.47. The molecule has 0 unspecified atom stereocenters. The number of ether oxygens (including phenoxy) is 1. The third-order valence-electron chi connectivity index (χ3n) is 3.53. The highest BCUT2D eigenvalue weighted by Crippen LogP contribution is 2.24. The highest BCUT2D eigenvalue weighted by atomic mass is 32.1. The first-order valence-electron chi connectivity index (χ1n) is 7.57. The van der Waals surface area contributed by atoms with E-state index in [0.717, 1.165) is 0 Å². The van der Waals surface area contributed by atoms with Crippen molar-refractivity contribution in [1.82, 2.24) is 4.57 Å². The Labute approximate surface area is 157 Å². The zero-order valence-electron chi connectivity index (χ0n) is 13.7. The summed E-state index contributed by atoms with van der Waals surface area (Å²) in [6.07, 6.45) is 2.60. The number of hydrogen-bond acceptors (Lipinski definition) is 6. The number of rotatable bonds is 6. The van der Waals surface area contributed by atoms with Crippen molar-refractivity contribution in [2.75, 3.05) is 5.32 Å². The summed E-state index contributed by atoms with van der Waals surface area (Å²) in [5, 5.41) is 6.31. The van der Waals surface area contributed by atoms with Crippen molar-refractivity contribution in [2.24, 2.45) is 5.73 Å². The fourth-order valence-corrected chi connectivity index (χ4v) is 3.80. The maximum absolute atomic E-state index is 12.4. The zero-order chi connectivity index (χ0) is 18.7. The van der Waals surface area contributed by atoms with Crippen molar-refractivity contribution in [3.8, 4) is 5.69 Å². The minimum atomic E-state index is -1.04. The number of aromatic nitrogens is 1. The largest absolute Gasteiger partial charge is 0.448 e.